The minimum atomic E-state index is -0.823. The lowest BCUT2D eigenvalue weighted by atomic mass is 10.1. The fourth-order valence-corrected chi connectivity index (χ4v) is 2.39. The molecule has 23 heavy (non-hydrogen) atoms. The van der Waals surface area contributed by atoms with E-state index in [-0.39, 0.29) is 17.5 Å². The summed E-state index contributed by atoms with van der Waals surface area (Å²) >= 11 is 5.50. The summed E-state index contributed by atoms with van der Waals surface area (Å²) in [6, 6.07) is 5.24. The highest BCUT2D eigenvalue weighted by Gasteiger charge is 2.22. The van der Waals surface area contributed by atoms with E-state index in [1.807, 2.05) is 0 Å². The number of halogens is 1. The molecule has 0 bridgehead atoms. The number of benzene rings is 1. The zero-order valence-electron chi connectivity index (χ0n) is 12.7. The Kier molecular flexibility index (Phi) is 5.33. The second-order valence-electron chi connectivity index (χ2n) is 4.85. The molecule has 2 rings (SSSR count). The molecule has 122 valence electrons. The van der Waals surface area contributed by atoms with E-state index in [1.165, 1.54) is 14.0 Å². The van der Waals surface area contributed by atoms with Crippen molar-refractivity contribution in [3.63, 3.8) is 0 Å². The SMILES string of the molecule is COC(=O)C(N=Nc1ccc2c(c1)CCN2C(C)=O)=C(O)CCl. The van der Waals surface area contributed by atoms with Gasteiger partial charge in [-0.1, -0.05) is 0 Å². The third kappa shape index (κ3) is 3.68. The highest BCUT2D eigenvalue weighted by molar-refractivity contribution is 6.19. The van der Waals surface area contributed by atoms with E-state index in [9.17, 15) is 14.7 Å². The zero-order chi connectivity index (χ0) is 17.0. The van der Waals surface area contributed by atoms with E-state index in [0.717, 1.165) is 17.7 Å². The van der Waals surface area contributed by atoms with E-state index in [1.54, 1.807) is 23.1 Å². The van der Waals surface area contributed by atoms with E-state index >= 15 is 0 Å². The fraction of sp³-hybridized carbons (Fsp3) is 0.333. The Morgan fingerprint density at radius 3 is 2.78 bits per heavy atom. The van der Waals surface area contributed by atoms with Gasteiger partial charge in [0.15, 0.2) is 0 Å². The Bertz CT molecular complexity index is 700. The predicted octanol–water partition coefficient (Wildman–Crippen LogP) is 2.86. The van der Waals surface area contributed by atoms with Gasteiger partial charge in [-0.3, -0.25) is 4.79 Å². The number of hydrogen-bond donors (Lipinski definition) is 1. The number of rotatable bonds is 4. The van der Waals surface area contributed by atoms with Crippen LogP contribution in [0.3, 0.4) is 0 Å². The molecule has 1 aliphatic heterocycles. The standard InChI is InChI=1S/C15H16ClN3O4/c1-9(20)19-6-5-10-7-11(3-4-12(10)19)17-18-14(13(21)8-16)15(22)23-2/h3-4,7,21H,5-6,8H2,1-2H3. The van der Waals surface area contributed by atoms with Gasteiger partial charge in [-0.05, 0) is 30.2 Å². The average Bonchev–Trinajstić information content (AvgIpc) is 2.97. The number of esters is 1. The summed E-state index contributed by atoms with van der Waals surface area (Å²) in [5.41, 5.74) is 1.98. The van der Waals surface area contributed by atoms with E-state index in [2.05, 4.69) is 15.0 Å². The molecular formula is C15H16ClN3O4. The molecule has 0 unspecified atom stereocenters. The highest BCUT2D eigenvalue weighted by atomic mass is 35.5. The second-order valence-corrected chi connectivity index (χ2v) is 5.12. The van der Waals surface area contributed by atoms with Crippen LogP contribution in [-0.2, 0) is 20.7 Å². The summed E-state index contributed by atoms with van der Waals surface area (Å²) in [7, 11) is 1.17. The third-order valence-corrected chi connectivity index (χ3v) is 3.64. The first-order chi connectivity index (χ1) is 11.0. The smallest absolute Gasteiger partial charge is 0.362 e. The largest absolute Gasteiger partial charge is 0.508 e. The number of azo groups is 1. The van der Waals surface area contributed by atoms with Gasteiger partial charge < -0.3 is 14.7 Å². The number of fused-ring (bicyclic) bond motifs is 1. The van der Waals surface area contributed by atoms with Gasteiger partial charge >= 0.3 is 5.97 Å². The Morgan fingerprint density at radius 2 is 2.17 bits per heavy atom. The van der Waals surface area contributed by atoms with Crippen LogP contribution >= 0.6 is 11.6 Å². The van der Waals surface area contributed by atoms with Gasteiger partial charge in [0.2, 0.25) is 11.6 Å². The maximum atomic E-state index is 11.5. The predicted molar refractivity (Wildman–Crippen MR) is 85.1 cm³/mol. The molecule has 0 spiro atoms. The minimum absolute atomic E-state index is 0.0129. The lowest BCUT2D eigenvalue weighted by molar-refractivity contribution is -0.136. The molecule has 8 heteroatoms. The molecule has 1 amide bonds. The lowest BCUT2D eigenvalue weighted by Crippen LogP contribution is -2.25. The van der Waals surface area contributed by atoms with Crippen molar-refractivity contribution >= 4 is 34.9 Å². The molecule has 1 aliphatic rings. The van der Waals surface area contributed by atoms with Crippen molar-refractivity contribution < 1.29 is 19.4 Å². The maximum Gasteiger partial charge on any atom is 0.362 e. The van der Waals surface area contributed by atoms with Crippen molar-refractivity contribution in [2.24, 2.45) is 10.2 Å². The Morgan fingerprint density at radius 1 is 1.43 bits per heavy atom. The molecule has 0 atom stereocenters. The van der Waals surface area contributed by atoms with Crippen LogP contribution in [0.1, 0.15) is 12.5 Å². The number of anilines is 1. The Balaban J connectivity index is 2.27. The summed E-state index contributed by atoms with van der Waals surface area (Å²) in [6.45, 7) is 2.15. The van der Waals surface area contributed by atoms with Crippen LogP contribution in [0.2, 0.25) is 0 Å². The second kappa shape index (κ2) is 7.23. The molecule has 0 aliphatic carbocycles. The molecule has 0 radical (unpaired) electrons. The van der Waals surface area contributed by atoms with Crippen LogP contribution in [0, 0.1) is 0 Å². The number of nitrogens with zero attached hydrogens (tertiary/aromatic N) is 3. The maximum absolute atomic E-state index is 11.5. The average molecular weight is 338 g/mol. The van der Waals surface area contributed by atoms with E-state index < -0.39 is 11.7 Å². The molecule has 1 aromatic rings. The molecule has 7 nitrogen and oxygen atoms in total. The molecular weight excluding hydrogens is 322 g/mol. The van der Waals surface area contributed by atoms with Crippen molar-refractivity contribution in [3.8, 4) is 0 Å². The number of hydrogen-bond acceptors (Lipinski definition) is 6. The van der Waals surface area contributed by atoms with Crippen LogP contribution < -0.4 is 4.90 Å². The first-order valence-electron chi connectivity index (χ1n) is 6.87. The number of ether oxygens (including phenoxy) is 1. The van der Waals surface area contributed by atoms with Gasteiger partial charge in [-0.2, -0.15) is 5.11 Å². The minimum Gasteiger partial charge on any atom is -0.508 e. The third-order valence-electron chi connectivity index (χ3n) is 3.38. The number of carbonyl (C=O) groups excluding carboxylic acids is 2. The number of amides is 1. The van der Waals surface area contributed by atoms with Crippen molar-refractivity contribution in [2.45, 2.75) is 13.3 Å². The summed E-state index contributed by atoms with van der Waals surface area (Å²) in [5, 5.41) is 17.3. The Labute approximate surface area is 138 Å². The number of alkyl halides is 1. The van der Waals surface area contributed by atoms with Crippen LogP contribution in [0.5, 0.6) is 0 Å². The molecule has 1 N–H and O–H groups in total. The van der Waals surface area contributed by atoms with Gasteiger partial charge in [0.25, 0.3) is 0 Å². The summed E-state index contributed by atoms with van der Waals surface area (Å²) in [5.74, 6) is -1.52. The van der Waals surface area contributed by atoms with Gasteiger partial charge in [-0.25, -0.2) is 4.79 Å². The molecule has 0 saturated heterocycles. The van der Waals surface area contributed by atoms with Crippen molar-refractivity contribution in [1.82, 2.24) is 0 Å². The molecule has 1 aromatic carbocycles. The lowest BCUT2D eigenvalue weighted by Gasteiger charge is -2.14. The molecule has 0 saturated carbocycles. The normalized spacial score (nSPS) is 14.7. The summed E-state index contributed by atoms with van der Waals surface area (Å²) in [4.78, 5) is 24.7. The quantitative estimate of drug-likeness (QED) is 0.300. The topological polar surface area (TPSA) is 91.6 Å². The van der Waals surface area contributed by atoms with Gasteiger partial charge in [-0.15, -0.1) is 16.7 Å². The number of aliphatic hydroxyl groups excluding tert-OH is 1. The molecule has 1 heterocycles. The number of allylic oxidation sites excluding steroid dienone is 1. The highest BCUT2D eigenvalue weighted by Crippen LogP contribution is 2.31. The fourth-order valence-electron chi connectivity index (χ4n) is 2.26. The van der Waals surface area contributed by atoms with Gasteiger partial charge in [0, 0.05) is 19.2 Å². The first kappa shape index (κ1) is 17.0. The monoisotopic (exact) mass is 337 g/mol. The summed E-state index contributed by atoms with van der Waals surface area (Å²) in [6.07, 6.45) is 0.727. The molecule has 0 aromatic heterocycles. The summed E-state index contributed by atoms with van der Waals surface area (Å²) < 4.78 is 4.52. The van der Waals surface area contributed by atoms with Crippen LogP contribution in [0.4, 0.5) is 11.4 Å². The zero-order valence-corrected chi connectivity index (χ0v) is 13.5. The van der Waals surface area contributed by atoms with E-state index in [4.69, 9.17) is 11.6 Å². The first-order valence-corrected chi connectivity index (χ1v) is 7.40. The van der Waals surface area contributed by atoms with Gasteiger partial charge in [0.05, 0.1) is 18.7 Å². The van der Waals surface area contributed by atoms with Crippen molar-refractivity contribution in [1.29, 1.82) is 0 Å². The van der Waals surface area contributed by atoms with Crippen molar-refractivity contribution in [2.75, 3.05) is 24.4 Å². The van der Waals surface area contributed by atoms with Crippen LogP contribution in [-0.4, -0.2) is 36.5 Å². The number of aliphatic hydroxyl groups is 1. The molecule has 0 fully saturated rings. The van der Waals surface area contributed by atoms with Crippen LogP contribution in [0.25, 0.3) is 0 Å². The Hall–Kier alpha value is -2.41. The van der Waals surface area contributed by atoms with Crippen LogP contribution in [0.15, 0.2) is 39.9 Å². The van der Waals surface area contributed by atoms with Crippen molar-refractivity contribution in [3.05, 3.63) is 35.2 Å². The number of methoxy groups -OCH3 is 1. The van der Waals surface area contributed by atoms with Gasteiger partial charge in [0.1, 0.15) is 5.76 Å². The van der Waals surface area contributed by atoms with E-state index in [0.29, 0.717) is 12.2 Å². The number of carbonyl (C=O) groups is 2.